The Bertz CT molecular complexity index is 331. The van der Waals surface area contributed by atoms with Gasteiger partial charge in [-0.2, -0.15) is 0 Å². The first-order valence-electron chi connectivity index (χ1n) is 3.52. The van der Waals surface area contributed by atoms with E-state index in [1.807, 2.05) is 0 Å². The monoisotopic (exact) mass is 181 g/mol. The van der Waals surface area contributed by atoms with Crippen LogP contribution in [0.1, 0.15) is 6.92 Å². The second kappa shape index (κ2) is 3.66. The van der Waals surface area contributed by atoms with Crippen LogP contribution in [-0.4, -0.2) is 10.9 Å². The van der Waals surface area contributed by atoms with Crippen molar-refractivity contribution in [3.05, 3.63) is 34.4 Å². The van der Waals surface area contributed by atoms with Crippen LogP contribution in [0.5, 0.6) is 5.75 Å². The van der Waals surface area contributed by atoms with Crippen molar-refractivity contribution in [1.82, 2.24) is 0 Å². The third-order valence-electron chi connectivity index (χ3n) is 1.31. The molecule has 0 atom stereocenters. The van der Waals surface area contributed by atoms with Gasteiger partial charge in [0, 0.05) is 19.1 Å². The second-order valence-corrected chi connectivity index (χ2v) is 2.34. The summed E-state index contributed by atoms with van der Waals surface area (Å²) in [7, 11) is 0. The molecule has 0 fully saturated rings. The molecule has 0 aliphatic carbocycles. The Morgan fingerprint density at radius 2 is 1.92 bits per heavy atom. The number of rotatable bonds is 2. The maximum atomic E-state index is 10.5. The van der Waals surface area contributed by atoms with Crippen molar-refractivity contribution in [3.8, 4) is 5.75 Å². The lowest BCUT2D eigenvalue weighted by molar-refractivity contribution is -0.384. The molecule has 0 bridgehead atoms. The van der Waals surface area contributed by atoms with Crippen molar-refractivity contribution in [3.63, 3.8) is 0 Å². The van der Waals surface area contributed by atoms with Gasteiger partial charge in [0.15, 0.2) is 0 Å². The van der Waals surface area contributed by atoms with E-state index >= 15 is 0 Å². The number of nitro benzene ring substituents is 1. The maximum absolute atomic E-state index is 10.5. The Hall–Kier alpha value is -1.91. The minimum absolute atomic E-state index is 0.0316. The van der Waals surface area contributed by atoms with E-state index in [4.69, 9.17) is 0 Å². The Morgan fingerprint density at radius 3 is 2.31 bits per heavy atom. The molecule has 1 aromatic rings. The van der Waals surface area contributed by atoms with Gasteiger partial charge < -0.3 is 4.74 Å². The van der Waals surface area contributed by atoms with Crippen LogP contribution < -0.4 is 4.74 Å². The van der Waals surface area contributed by atoms with E-state index in [0.29, 0.717) is 5.75 Å². The van der Waals surface area contributed by atoms with Crippen LogP contribution in [0.2, 0.25) is 0 Å². The molecular formula is C8H7NO4. The average molecular weight is 181 g/mol. The standard InChI is InChI=1S/C8H7NO4/c1-6(10)13-8-4-2-7(3-5-8)9(11)12/h2-5H,1H3. The number of carbonyl (C=O) groups is 1. The van der Waals surface area contributed by atoms with Gasteiger partial charge in [0.05, 0.1) is 4.92 Å². The topological polar surface area (TPSA) is 69.4 Å². The highest BCUT2D eigenvalue weighted by Gasteiger charge is 2.04. The van der Waals surface area contributed by atoms with E-state index < -0.39 is 10.9 Å². The van der Waals surface area contributed by atoms with Gasteiger partial charge in [-0.1, -0.05) is 0 Å². The first-order chi connectivity index (χ1) is 6.09. The third-order valence-corrected chi connectivity index (χ3v) is 1.31. The van der Waals surface area contributed by atoms with Crippen LogP contribution in [0.3, 0.4) is 0 Å². The van der Waals surface area contributed by atoms with E-state index in [-0.39, 0.29) is 5.69 Å². The molecular weight excluding hydrogens is 174 g/mol. The molecule has 0 aromatic heterocycles. The molecule has 0 spiro atoms. The molecule has 0 heterocycles. The van der Waals surface area contributed by atoms with E-state index in [9.17, 15) is 14.9 Å². The fraction of sp³-hybridized carbons (Fsp3) is 0.125. The zero-order valence-electron chi connectivity index (χ0n) is 6.89. The Morgan fingerprint density at radius 1 is 1.38 bits per heavy atom. The largest absolute Gasteiger partial charge is 0.427 e. The molecule has 1 aromatic carbocycles. The van der Waals surface area contributed by atoms with Crippen LogP contribution in [0, 0.1) is 10.1 Å². The van der Waals surface area contributed by atoms with E-state index in [2.05, 4.69) is 4.74 Å². The first kappa shape index (κ1) is 9.18. The van der Waals surface area contributed by atoms with Crippen LogP contribution in [0.4, 0.5) is 5.69 Å². The average Bonchev–Trinajstić information content (AvgIpc) is 2.04. The highest BCUT2D eigenvalue weighted by atomic mass is 16.6. The number of ether oxygens (including phenoxy) is 1. The summed E-state index contributed by atoms with van der Waals surface area (Å²) < 4.78 is 4.69. The molecule has 68 valence electrons. The zero-order valence-corrected chi connectivity index (χ0v) is 6.89. The zero-order chi connectivity index (χ0) is 9.84. The van der Waals surface area contributed by atoms with Crippen molar-refractivity contribution in [1.29, 1.82) is 0 Å². The molecule has 5 heteroatoms. The van der Waals surface area contributed by atoms with Crippen molar-refractivity contribution >= 4 is 11.7 Å². The molecule has 0 aliphatic heterocycles. The van der Waals surface area contributed by atoms with Gasteiger partial charge in [0.2, 0.25) is 0 Å². The fourth-order valence-electron chi connectivity index (χ4n) is 0.802. The van der Waals surface area contributed by atoms with E-state index in [1.165, 1.54) is 31.2 Å². The van der Waals surface area contributed by atoms with Gasteiger partial charge in [-0.3, -0.25) is 14.9 Å². The van der Waals surface area contributed by atoms with Crippen LogP contribution >= 0.6 is 0 Å². The van der Waals surface area contributed by atoms with Crippen molar-refractivity contribution in [2.45, 2.75) is 6.92 Å². The molecule has 1 rings (SSSR count). The normalized spacial score (nSPS) is 9.31. The molecule has 0 radical (unpaired) electrons. The number of nitro groups is 1. The molecule has 0 unspecified atom stereocenters. The fourth-order valence-corrected chi connectivity index (χ4v) is 0.802. The van der Waals surface area contributed by atoms with Crippen molar-refractivity contribution < 1.29 is 14.5 Å². The minimum Gasteiger partial charge on any atom is -0.427 e. The van der Waals surface area contributed by atoms with Crippen LogP contribution in [0.15, 0.2) is 24.3 Å². The highest BCUT2D eigenvalue weighted by molar-refractivity contribution is 5.69. The summed E-state index contributed by atoms with van der Waals surface area (Å²) in [5, 5.41) is 10.2. The summed E-state index contributed by atoms with van der Waals surface area (Å²) in [5.41, 5.74) is -0.0316. The van der Waals surface area contributed by atoms with Gasteiger partial charge in [0.1, 0.15) is 5.75 Å². The number of carbonyl (C=O) groups excluding carboxylic acids is 1. The number of esters is 1. The molecule has 0 aliphatic rings. The SMILES string of the molecule is CC(=O)Oc1ccc([N+](=O)[O-])cc1. The van der Waals surface area contributed by atoms with Gasteiger partial charge in [-0.05, 0) is 12.1 Å². The lowest BCUT2D eigenvalue weighted by atomic mass is 10.3. The van der Waals surface area contributed by atoms with Crippen LogP contribution in [0.25, 0.3) is 0 Å². The number of hydrogen-bond donors (Lipinski definition) is 0. The maximum Gasteiger partial charge on any atom is 0.308 e. The lowest BCUT2D eigenvalue weighted by Gasteiger charge is -1.98. The predicted molar refractivity (Wildman–Crippen MR) is 44.4 cm³/mol. The van der Waals surface area contributed by atoms with Gasteiger partial charge in [-0.15, -0.1) is 0 Å². The summed E-state index contributed by atoms with van der Waals surface area (Å²) in [6.07, 6.45) is 0. The number of hydrogen-bond acceptors (Lipinski definition) is 4. The first-order valence-corrected chi connectivity index (χ1v) is 3.52. The van der Waals surface area contributed by atoms with Crippen LogP contribution in [-0.2, 0) is 4.79 Å². The Labute approximate surface area is 74.1 Å². The summed E-state index contributed by atoms with van der Waals surface area (Å²) in [6, 6.07) is 5.30. The van der Waals surface area contributed by atoms with E-state index in [0.717, 1.165) is 0 Å². The van der Waals surface area contributed by atoms with Crippen molar-refractivity contribution in [2.24, 2.45) is 0 Å². The molecule has 0 N–H and O–H groups in total. The predicted octanol–water partition coefficient (Wildman–Crippen LogP) is 1.52. The summed E-state index contributed by atoms with van der Waals surface area (Å²) in [4.78, 5) is 20.2. The molecule has 0 saturated heterocycles. The number of non-ortho nitro benzene ring substituents is 1. The smallest absolute Gasteiger partial charge is 0.308 e. The third kappa shape index (κ3) is 2.55. The summed E-state index contributed by atoms with van der Waals surface area (Å²) in [5.74, 6) is -0.146. The van der Waals surface area contributed by atoms with E-state index in [1.54, 1.807) is 0 Å². The molecule has 0 saturated carbocycles. The van der Waals surface area contributed by atoms with Crippen molar-refractivity contribution in [2.75, 3.05) is 0 Å². The molecule has 5 nitrogen and oxygen atoms in total. The second-order valence-electron chi connectivity index (χ2n) is 2.34. The number of nitrogens with zero attached hydrogens (tertiary/aromatic N) is 1. The minimum atomic E-state index is -0.516. The Balaban J connectivity index is 2.81. The molecule has 0 amide bonds. The summed E-state index contributed by atoms with van der Waals surface area (Å²) in [6.45, 7) is 1.27. The van der Waals surface area contributed by atoms with Gasteiger partial charge in [-0.25, -0.2) is 0 Å². The summed E-state index contributed by atoms with van der Waals surface area (Å²) >= 11 is 0. The highest BCUT2D eigenvalue weighted by Crippen LogP contribution is 2.17. The molecule has 13 heavy (non-hydrogen) atoms. The Kier molecular flexibility index (Phi) is 2.59. The quantitative estimate of drug-likeness (QED) is 0.300. The van der Waals surface area contributed by atoms with Gasteiger partial charge in [0.25, 0.3) is 5.69 Å². The van der Waals surface area contributed by atoms with Gasteiger partial charge >= 0.3 is 5.97 Å². The lowest BCUT2D eigenvalue weighted by Crippen LogP contribution is -2.01. The number of benzene rings is 1.